The molecule has 0 fully saturated rings. The first-order valence-electron chi connectivity index (χ1n) is 5.16. The van der Waals surface area contributed by atoms with Crippen LogP contribution in [0.15, 0.2) is 60.7 Å². The minimum absolute atomic E-state index is 0.575. The van der Waals surface area contributed by atoms with Crippen LogP contribution in [0.5, 0.6) is 0 Å². The zero-order valence-electron chi connectivity index (χ0n) is 8.56. The standard InChI is InChI=1S/C14H13.Sn/c1-12(13-8-4-2-5-9-13)14-10-6-3-7-11-14;/h2-12H,1H2;/q;+3. The second kappa shape index (κ2) is 5.36. The number of hydrogen-bond donors (Lipinski definition) is 0. The van der Waals surface area contributed by atoms with E-state index in [1.165, 1.54) is 15.6 Å². The summed E-state index contributed by atoms with van der Waals surface area (Å²) in [5.41, 5.74) is 2.86. The molecule has 2 rings (SSSR count). The molecule has 70 valence electrons. The summed E-state index contributed by atoms with van der Waals surface area (Å²) in [5.74, 6) is 0.575. The van der Waals surface area contributed by atoms with Crippen LogP contribution in [0.4, 0.5) is 0 Å². The monoisotopic (exact) mass is 301 g/mol. The van der Waals surface area contributed by atoms with Crippen molar-refractivity contribution in [3.63, 3.8) is 0 Å². The molecule has 0 N–H and O–H groups in total. The Balaban J connectivity index is 2.34. The van der Waals surface area contributed by atoms with Crippen molar-refractivity contribution < 1.29 is 0 Å². The molecule has 0 heterocycles. The van der Waals surface area contributed by atoms with E-state index in [0.29, 0.717) is 5.92 Å². The van der Waals surface area contributed by atoms with E-state index >= 15 is 0 Å². The fraction of sp³-hybridized carbons (Fsp3) is 0.143. The molecule has 0 aliphatic rings. The SMILES string of the molecule is [Sn+3][CH2]C(c1ccccc1)c1ccccc1. The zero-order chi connectivity index (χ0) is 10.5. The van der Waals surface area contributed by atoms with Crippen LogP contribution < -0.4 is 0 Å². The van der Waals surface area contributed by atoms with Gasteiger partial charge in [0.25, 0.3) is 0 Å². The normalized spacial score (nSPS) is 10.6. The maximum atomic E-state index is 2.22. The molecule has 0 aliphatic heterocycles. The second-order valence-electron chi connectivity index (χ2n) is 3.58. The molecule has 15 heavy (non-hydrogen) atoms. The fourth-order valence-electron chi connectivity index (χ4n) is 1.80. The first kappa shape index (κ1) is 10.7. The summed E-state index contributed by atoms with van der Waals surface area (Å²) in [7, 11) is 0. The molecule has 0 atom stereocenters. The first-order valence-corrected chi connectivity index (χ1v) is 7.18. The van der Waals surface area contributed by atoms with Crippen molar-refractivity contribution in [1.82, 2.24) is 0 Å². The van der Waals surface area contributed by atoms with E-state index in [2.05, 4.69) is 60.7 Å². The van der Waals surface area contributed by atoms with E-state index in [0.717, 1.165) is 0 Å². The van der Waals surface area contributed by atoms with Gasteiger partial charge in [-0.05, 0) is 0 Å². The Morgan fingerprint density at radius 3 is 1.47 bits per heavy atom. The summed E-state index contributed by atoms with van der Waals surface area (Å²) >= 11 is 1.59. The molecule has 0 amide bonds. The molecular weight excluding hydrogens is 287 g/mol. The number of benzene rings is 2. The van der Waals surface area contributed by atoms with Gasteiger partial charge in [0, 0.05) is 0 Å². The molecule has 0 unspecified atom stereocenters. The van der Waals surface area contributed by atoms with Crippen LogP contribution in [0.2, 0.25) is 4.44 Å². The summed E-state index contributed by atoms with van der Waals surface area (Å²) in [4.78, 5) is 0. The maximum absolute atomic E-state index is 2.22. The van der Waals surface area contributed by atoms with Gasteiger partial charge >= 0.3 is 105 Å². The van der Waals surface area contributed by atoms with Crippen LogP contribution in [0, 0.1) is 0 Å². The third kappa shape index (κ3) is 2.63. The molecule has 0 nitrogen and oxygen atoms in total. The third-order valence-electron chi connectivity index (χ3n) is 2.61. The van der Waals surface area contributed by atoms with Gasteiger partial charge in [0.05, 0.1) is 0 Å². The van der Waals surface area contributed by atoms with Crippen LogP contribution in [-0.2, 0) is 0 Å². The van der Waals surface area contributed by atoms with Gasteiger partial charge in [-0.3, -0.25) is 0 Å². The number of hydrogen-bond acceptors (Lipinski definition) is 0. The Hall–Kier alpha value is -0.761. The summed E-state index contributed by atoms with van der Waals surface area (Å²) < 4.78 is 1.24. The Morgan fingerprint density at radius 1 is 0.733 bits per heavy atom. The van der Waals surface area contributed by atoms with Crippen LogP contribution >= 0.6 is 0 Å². The molecule has 0 spiro atoms. The topological polar surface area (TPSA) is 0 Å². The van der Waals surface area contributed by atoms with Gasteiger partial charge in [-0.25, -0.2) is 0 Å². The molecule has 0 bridgehead atoms. The first-order chi connectivity index (χ1) is 7.42. The molecule has 0 saturated heterocycles. The van der Waals surface area contributed by atoms with Gasteiger partial charge in [-0.2, -0.15) is 0 Å². The average Bonchev–Trinajstić information content (AvgIpc) is 2.33. The van der Waals surface area contributed by atoms with Crippen molar-refractivity contribution in [1.29, 1.82) is 0 Å². The predicted molar refractivity (Wildman–Crippen MR) is 65.3 cm³/mol. The molecule has 2 aromatic rings. The molecule has 0 saturated carbocycles. The van der Waals surface area contributed by atoms with Crippen molar-refractivity contribution >= 4 is 22.5 Å². The van der Waals surface area contributed by atoms with E-state index in [9.17, 15) is 0 Å². The van der Waals surface area contributed by atoms with Crippen LogP contribution in [0.3, 0.4) is 0 Å². The Kier molecular flexibility index (Phi) is 3.84. The summed E-state index contributed by atoms with van der Waals surface area (Å²) in [6.07, 6.45) is 0. The van der Waals surface area contributed by atoms with Gasteiger partial charge in [-0.15, -0.1) is 0 Å². The number of rotatable bonds is 3. The van der Waals surface area contributed by atoms with E-state index in [4.69, 9.17) is 0 Å². The Bertz CT molecular complexity index is 355. The molecule has 2 aromatic carbocycles. The third-order valence-corrected chi connectivity index (χ3v) is 3.77. The van der Waals surface area contributed by atoms with Crippen molar-refractivity contribution in [3.8, 4) is 0 Å². The second-order valence-corrected chi connectivity index (χ2v) is 4.74. The van der Waals surface area contributed by atoms with Crippen LogP contribution in [0.1, 0.15) is 17.0 Å². The van der Waals surface area contributed by atoms with Crippen molar-refractivity contribution in [3.05, 3.63) is 71.8 Å². The molecule has 1 heteroatoms. The molecule has 0 aromatic heterocycles. The summed E-state index contributed by atoms with van der Waals surface area (Å²) in [5, 5.41) is 0. The van der Waals surface area contributed by atoms with E-state index < -0.39 is 0 Å². The molecule has 0 aliphatic carbocycles. The van der Waals surface area contributed by atoms with Crippen LogP contribution in [0.25, 0.3) is 0 Å². The minimum atomic E-state index is 0.575. The summed E-state index contributed by atoms with van der Waals surface area (Å²) in [6.45, 7) is 0. The quantitative estimate of drug-likeness (QED) is 0.762. The van der Waals surface area contributed by atoms with E-state index in [1.807, 2.05) is 0 Å². The zero-order valence-corrected chi connectivity index (χ0v) is 11.4. The predicted octanol–water partition coefficient (Wildman–Crippen LogP) is 3.41. The molecular formula is C14H13Sn+3. The summed E-state index contributed by atoms with van der Waals surface area (Å²) in [6, 6.07) is 21.5. The Labute approximate surface area is 104 Å². The van der Waals surface area contributed by atoms with Crippen molar-refractivity contribution in [2.24, 2.45) is 0 Å². The van der Waals surface area contributed by atoms with Gasteiger partial charge in [0.15, 0.2) is 0 Å². The van der Waals surface area contributed by atoms with Gasteiger partial charge < -0.3 is 0 Å². The van der Waals surface area contributed by atoms with Crippen LogP contribution in [-0.4, -0.2) is 22.5 Å². The van der Waals surface area contributed by atoms with Crippen molar-refractivity contribution in [2.45, 2.75) is 10.4 Å². The van der Waals surface area contributed by atoms with E-state index in [1.54, 1.807) is 22.5 Å². The van der Waals surface area contributed by atoms with Gasteiger partial charge in [-0.1, -0.05) is 0 Å². The van der Waals surface area contributed by atoms with Crippen molar-refractivity contribution in [2.75, 3.05) is 0 Å². The van der Waals surface area contributed by atoms with E-state index in [-0.39, 0.29) is 0 Å². The Morgan fingerprint density at radius 2 is 1.13 bits per heavy atom. The van der Waals surface area contributed by atoms with Gasteiger partial charge in [0.1, 0.15) is 0 Å². The molecule has 0 radical (unpaired) electrons. The fourth-order valence-corrected chi connectivity index (χ4v) is 3.14. The average molecular weight is 300 g/mol. The van der Waals surface area contributed by atoms with Gasteiger partial charge in [0.2, 0.25) is 0 Å².